The van der Waals surface area contributed by atoms with Crippen molar-refractivity contribution < 1.29 is 23.7 Å². The van der Waals surface area contributed by atoms with E-state index in [0.717, 1.165) is 55.2 Å². The molecule has 1 fully saturated rings. The Hall–Kier alpha value is -2.88. The van der Waals surface area contributed by atoms with E-state index in [1.165, 1.54) is 11.3 Å². The maximum absolute atomic E-state index is 13.9. The van der Waals surface area contributed by atoms with Gasteiger partial charge in [0.05, 0.1) is 37.7 Å². The number of para-hydroxylation sites is 1. The SMILES string of the molecule is CCOc1ccc(C(=O)N(CCCN2CCOCC2)c2nc3c(OCC)cccc3s2)cc1OCC. The topological polar surface area (TPSA) is 73.4 Å². The fraction of sp³-hybridized carbons (Fsp3) is 0.481. The molecule has 1 saturated heterocycles. The number of morpholine rings is 1. The van der Waals surface area contributed by atoms with E-state index in [1.807, 2.05) is 39.0 Å². The predicted molar refractivity (Wildman–Crippen MR) is 143 cm³/mol. The number of hydrogen-bond donors (Lipinski definition) is 0. The van der Waals surface area contributed by atoms with Gasteiger partial charge in [-0.3, -0.25) is 14.6 Å². The summed E-state index contributed by atoms with van der Waals surface area (Å²) >= 11 is 1.50. The van der Waals surface area contributed by atoms with Gasteiger partial charge in [-0.05, 0) is 57.5 Å². The maximum Gasteiger partial charge on any atom is 0.260 e. The van der Waals surface area contributed by atoms with Crippen LogP contribution in [-0.2, 0) is 4.74 Å². The Kier molecular flexibility index (Phi) is 9.38. The first-order valence-electron chi connectivity index (χ1n) is 12.7. The quantitative estimate of drug-likeness (QED) is 0.342. The lowest BCUT2D eigenvalue weighted by Gasteiger charge is -2.27. The molecule has 2 aromatic carbocycles. The summed E-state index contributed by atoms with van der Waals surface area (Å²) in [6, 6.07) is 11.3. The minimum Gasteiger partial charge on any atom is -0.492 e. The van der Waals surface area contributed by atoms with Gasteiger partial charge in [-0.1, -0.05) is 17.4 Å². The summed E-state index contributed by atoms with van der Waals surface area (Å²) < 4.78 is 23.7. The number of anilines is 1. The number of benzene rings is 2. The van der Waals surface area contributed by atoms with E-state index in [2.05, 4.69) is 4.90 Å². The Morgan fingerprint density at radius 3 is 2.47 bits per heavy atom. The van der Waals surface area contributed by atoms with Crippen molar-refractivity contribution in [2.45, 2.75) is 27.2 Å². The molecular weight excluding hydrogens is 478 g/mol. The molecule has 0 N–H and O–H groups in total. The Balaban J connectivity index is 1.63. The van der Waals surface area contributed by atoms with E-state index in [4.69, 9.17) is 23.9 Å². The lowest BCUT2D eigenvalue weighted by molar-refractivity contribution is 0.0376. The van der Waals surface area contributed by atoms with Crippen LogP contribution in [-0.4, -0.2) is 75.0 Å². The molecule has 0 bridgehead atoms. The molecule has 1 amide bonds. The molecule has 3 aromatic rings. The normalized spacial score (nSPS) is 14.1. The van der Waals surface area contributed by atoms with Gasteiger partial charge in [0.15, 0.2) is 16.6 Å². The van der Waals surface area contributed by atoms with Crippen LogP contribution in [0.4, 0.5) is 5.13 Å². The highest BCUT2D eigenvalue weighted by Crippen LogP contribution is 2.36. The van der Waals surface area contributed by atoms with Gasteiger partial charge in [-0.25, -0.2) is 4.98 Å². The summed E-state index contributed by atoms with van der Waals surface area (Å²) in [4.78, 5) is 22.9. The van der Waals surface area contributed by atoms with Gasteiger partial charge >= 0.3 is 0 Å². The molecule has 4 rings (SSSR count). The molecule has 194 valence electrons. The highest BCUT2D eigenvalue weighted by Gasteiger charge is 2.24. The van der Waals surface area contributed by atoms with Crippen molar-refractivity contribution in [2.24, 2.45) is 0 Å². The third-order valence-electron chi connectivity index (χ3n) is 5.90. The lowest BCUT2D eigenvalue weighted by atomic mass is 10.1. The fourth-order valence-electron chi connectivity index (χ4n) is 4.20. The van der Waals surface area contributed by atoms with Crippen molar-refractivity contribution in [1.29, 1.82) is 0 Å². The van der Waals surface area contributed by atoms with Crippen LogP contribution in [0.3, 0.4) is 0 Å². The van der Waals surface area contributed by atoms with Crippen molar-refractivity contribution in [3.8, 4) is 17.2 Å². The number of ether oxygens (including phenoxy) is 4. The molecule has 0 spiro atoms. The second kappa shape index (κ2) is 12.9. The number of carbonyl (C=O) groups is 1. The number of hydrogen-bond acceptors (Lipinski definition) is 8. The standard InChI is InChI=1S/C27H35N3O5S/c1-4-33-21-12-11-20(19-23(21)35-6-3)26(31)30(14-8-13-29-15-17-32-18-16-29)27-28-25-22(34-5-2)9-7-10-24(25)36-27/h7,9-12,19H,4-6,8,13-18H2,1-3H3. The number of nitrogens with zero attached hydrogens (tertiary/aromatic N) is 3. The smallest absolute Gasteiger partial charge is 0.260 e. The average molecular weight is 514 g/mol. The van der Waals surface area contributed by atoms with Crippen LogP contribution < -0.4 is 19.1 Å². The fourth-order valence-corrected chi connectivity index (χ4v) is 5.21. The molecule has 1 aliphatic heterocycles. The van der Waals surface area contributed by atoms with E-state index < -0.39 is 0 Å². The van der Waals surface area contributed by atoms with Crippen LogP contribution in [0, 0.1) is 0 Å². The van der Waals surface area contributed by atoms with Crippen molar-refractivity contribution in [1.82, 2.24) is 9.88 Å². The summed E-state index contributed by atoms with van der Waals surface area (Å²) in [6.45, 7) is 12.2. The summed E-state index contributed by atoms with van der Waals surface area (Å²) in [5, 5.41) is 0.663. The molecule has 0 unspecified atom stereocenters. The summed E-state index contributed by atoms with van der Waals surface area (Å²) in [6.07, 6.45) is 0.829. The van der Waals surface area contributed by atoms with Crippen LogP contribution in [0.2, 0.25) is 0 Å². The molecule has 8 nitrogen and oxygen atoms in total. The van der Waals surface area contributed by atoms with E-state index in [9.17, 15) is 4.79 Å². The molecule has 2 heterocycles. The van der Waals surface area contributed by atoms with Gasteiger partial charge < -0.3 is 18.9 Å². The number of thiazole rings is 1. The molecule has 0 atom stereocenters. The van der Waals surface area contributed by atoms with E-state index in [-0.39, 0.29) is 5.91 Å². The third-order valence-corrected chi connectivity index (χ3v) is 6.94. The van der Waals surface area contributed by atoms with Gasteiger partial charge in [0.1, 0.15) is 11.3 Å². The van der Waals surface area contributed by atoms with Gasteiger partial charge in [0, 0.05) is 31.7 Å². The van der Waals surface area contributed by atoms with Gasteiger partial charge in [0.25, 0.3) is 5.91 Å². The number of fused-ring (bicyclic) bond motifs is 1. The molecule has 0 radical (unpaired) electrons. The zero-order valence-electron chi connectivity index (χ0n) is 21.3. The van der Waals surface area contributed by atoms with E-state index in [1.54, 1.807) is 23.1 Å². The second-order valence-corrected chi connectivity index (χ2v) is 9.33. The number of rotatable bonds is 12. The zero-order valence-corrected chi connectivity index (χ0v) is 22.1. The molecule has 9 heteroatoms. The summed E-state index contributed by atoms with van der Waals surface area (Å²) in [7, 11) is 0. The zero-order chi connectivity index (χ0) is 25.3. The molecular formula is C27H35N3O5S. The third kappa shape index (κ3) is 6.27. The number of aromatic nitrogens is 1. The van der Waals surface area contributed by atoms with E-state index >= 15 is 0 Å². The first-order valence-corrected chi connectivity index (χ1v) is 13.5. The Morgan fingerprint density at radius 2 is 1.72 bits per heavy atom. The Morgan fingerprint density at radius 1 is 1.00 bits per heavy atom. The highest BCUT2D eigenvalue weighted by molar-refractivity contribution is 7.22. The van der Waals surface area contributed by atoms with E-state index in [0.29, 0.717) is 48.6 Å². The summed E-state index contributed by atoms with van der Waals surface area (Å²) in [5.74, 6) is 1.83. The van der Waals surface area contributed by atoms with Crippen LogP contribution >= 0.6 is 11.3 Å². The first-order chi connectivity index (χ1) is 17.6. The molecule has 0 aliphatic carbocycles. The molecule has 36 heavy (non-hydrogen) atoms. The van der Waals surface area contributed by atoms with Crippen LogP contribution in [0.5, 0.6) is 17.2 Å². The van der Waals surface area contributed by atoms with Gasteiger partial charge in [-0.2, -0.15) is 0 Å². The average Bonchev–Trinajstić information content (AvgIpc) is 3.33. The van der Waals surface area contributed by atoms with Crippen molar-refractivity contribution in [3.05, 3.63) is 42.0 Å². The van der Waals surface area contributed by atoms with Crippen LogP contribution in [0.1, 0.15) is 37.6 Å². The van der Waals surface area contributed by atoms with Crippen molar-refractivity contribution >= 4 is 32.6 Å². The second-order valence-electron chi connectivity index (χ2n) is 8.32. The molecule has 1 aliphatic rings. The summed E-state index contributed by atoms with van der Waals surface area (Å²) in [5.41, 5.74) is 1.32. The van der Waals surface area contributed by atoms with Crippen molar-refractivity contribution in [2.75, 3.05) is 64.1 Å². The Labute approximate surface area is 216 Å². The van der Waals surface area contributed by atoms with Gasteiger partial charge in [-0.15, -0.1) is 0 Å². The molecule has 1 aromatic heterocycles. The number of amides is 1. The van der Waals surface area contributed by atoms with Crippen LogP contribution in [0.25, 0.3) is 10.2 Å². The molecule has 0 saturated carbocycles. The van der Waals surface area contributed by atoms with Gasteiger partial charge in [0.2, 0.25) is 0 Å². The highest BCUT2D eigenvalue weighted by atomic mass is 32.1. The predicted octanol–water partition coefficient (Wildman–Crippen LogP) is 4.86. The first kappa shape index (κ1) is 26.2. The largest absolute Gasteiger partial charge is 0.492 e. The monoisotopic (exact) mass is 513 g/mol. The van der Waals surface area contributed by atoms with Crippen molar-refractivity contribution in [3.63, 3.8) is 0 Å². The van der Waals surface area contributed by atoms with Crippen LogP contribution in [0.15, 0.2) is 36.4 Å². The lowest BCUT2D eigenvalue weighted by Crippen LogP contribution is -2.39. The maximum atomic E-state index is 13.9. The minimum absolute atomic E-state index is 0.113. The Bertz CT molecular complexity index is 1150. The minimum atomic E-state index is -0.113. The number of carbonyl (C=O) groups excluding carboxylic acids is 1.